The molecule has 0 saturated heterocycles. The average Bonchev–Trinajstić information content (AvgIpc) is 2.75. The molecule has 0 aliphatic carbocycles. The van der Waals surface area contributed by atoms with Gasteiger partial charge in [0.15, 0.2) is 5.15 Å². The molecule has 0 fully saturated rings. The Kier molecular flexibility index (Phi) is 3.30. The molecular weight excluding hydrogens is 242 g/mol. The van der Waals surface area contributed by atoms with Crippen molar-refractivity contribution < 1.29 is 9.63 Å². The number of halogens is 1. The smallest absolute Gasteiger partial charge is 0.299 e. The maximum atomic E-state index is 11.7. The summed E-state index contributed by atoms with van der Waals surface area (Å²) in [5.74, 6) is 0. The highest BCUT2D eigenvalue weighted by atomic mass is 35.5. The second-order valence-corrected chi connectivity index (χ2v) is 3.68. The van der Waals surface area contributed by atoms with Gasteiger partial charge in [0.05, 0.1) is 6.20 Å². The van der Waals surface area contributed by atoms with Crippen LogP contribution >= 0.6 is 11.6 Å². The monoisotopic (exact) mass is 251 g/mol. The number of nitrogens with zero attached hydrogens (tertiary/aromatic N) is 3. The van der Waals surface area contributed by atoms with E-state index in [-0.39, 0.29) is 5.15 Å². The molecule has 0 radical (unpaired) electrons. The van der Waals surface area contributed by atoms with E-state index in [4.69, 9.17) is 16.4 Å². The first-order valence-corrected chi connectivity index (χ1v) is 5.27. The van der Waals surface area contributed by atoms with Gasteiger partial charge in [0.2, 0.25) is 0 Å². The van der Waals surface area contributed by atoms with Crippen molar-refractivity contribution in [1.29, 1.82) is 0 Å². The summed E-state index contributed by atoms with van der Waals surface area (Å²) in [6.45, 7) is 0. The van der Waals surface area contributed by atoms with Gasteiger partial charge in [-0.3, -0.25) is 9.74 Å². The number of hydrogen-bond donors (Lipinski definition) is 0. The maximum Gasteiger partial charge on any atom is 0.440 e. The van der Waals surface area contributed by atoms with Crippen molar-refractivity contribution in [2.75, 3.05) is 11.9 Å². The molecule has 1 aromatic heterocycles. The number of para-hydroxylation sites is 1. The lowest BCUT2D eigenvalue weighted by atomic mass is 10.3. The van der Waals surface area contributed by atoms with Gasteiger partial charge in [0, 0.05) is 12.7 Å². The second-order valence-electron chi connectivity index (χ2n) is 3.29. The Bertz CT molecular complexity index is 512. The Morgan fingerprint density at radius 3 is 2.65 bits per heavy atom. The van der Waals surface area contributed by atoms with Crippen LogP contribution in [0.25, 0.3) is 0 Å². The predicted octanol–water partition coefficient (Wildman–Crippen LogP) is 2.22. The Morgan fingerprint density at radius 2 is 2.06 bits per heavy atom. The van der Waals surface area contributed by atoms with Crippen LogP contribution in [-0.2, 0) is 0 Å². The minimum Gasteiger partial charge on any atom is -0.299 e. The summed E-state index contributed by atoms with van der Waals surface area (Å²) in [6.07, 6.45) is 0.912. The molecule has 2 aromatic rings. The Labute approximate surface area is 103 Å². The Balaban J connectivity index is 2.06. The van der Waals surface area contributed by atoms with E-state index in [1.807, 2.05) is 18.2 Å². The molecule has 6 heteroatoms. The van der Waals surface area contributed by atoms with Crippen LogP contribution in [0.1, 0.15) is 0 Å². The maximum absolute atomic E-state index is 11.7. The summed E-state index contributed by atoms with van der Waals surface area (Å²) in [7, 11) is 1.61. The quantitative estimate of drug-likeness (QED) is 0.822. The third-order valence-electron chi connectivity index (χ3n) is 2.12. The molecule has 17 heavy (non-hydrogen) atoms. The molecule has 0 aliphatic heterocycles. The van der Waals surface area contributed by atoms with Crippen molar-refractivity contribution in [1.82, 2.24) is 9.94 Å². The van der Waals surface area contributed by atoms with Gasteiger partial charge in [-0.15, -0.1) is 5.10 Å². The normalized spacial score (nSPS) is 10.0. The van der Waals surface area contributed by atoms with Crippen LogP contribution in [0.2, 0.25) is 5.15 Å². The molecule has 1 heterocycles. The third kappa shape index (κ3) is 2.76. The first kappa shape index (κ1) is 11.5. The molecule has 0 unspecified atom stereocenters. The number of hydrogen-bond acceptors (Lipinski definition) is 3. The van der Waals surface area contributed by atoms with E-state index in [0.717, 1.165) is 10.5 Å². The van der Waals surface area contributed by atoms with E-state index in [2.05, 4.69) is 5.10 Å². The van der Waals surface area contributed by atoms with Crippen molar-refractivity contribution in [3.05, 3.63) is 47.7 Å². The van der Waals surface area contributed by atoms with Gasteiger partial charge < -0.3 is 0 Å². The number of carbonyl (C=O) groups excluding carboxylic acids is 1. The highest BCUT2D eigenvalue weighted by Gasteiger charge is 2.13. The number of benzene rings is 1. The highest BCUT2D eigenvalue weighted by molar-refractivity contribution is 6.29. The molecule has 5 nitrogen and oxygen atoms in total. The molecule has 0 saturated carbocycles. The van der Waals surface area contributed by atoms with E-state index in [0.29, 0.717) is 0 Å². The lowest BCUT2D eigenvalue weighted by molar-refractivity contribution is 0.124. The van der Waals surface area contributed by atoms with Crippen LogP contribution < -0.4 is 9.74 Å². The van der Waals surface area contributed by atoms with Crippen molar-refractivity contribution in [2.45, 2.75) is 0 Å². The van der Waals surface area contributed by atoms with Gasteiger partial charge in [-0.2, -0.15) is 0 Å². The zero-order valence-electron chi connectivity index (χ0n) is 9.08. The van der Waals surface area contributed by atoms with Crippen LogP contribution in [0.3, 0.4) is 0 Å². The van der Waals surface area contributed by atoms with Crippen LogP contribution in [0, 0.1) is 0 Å². The minimum atomic E-state index is -0.545. The van der Waals surface area contributed by atoms with Crippen molar-refractivity contribution in [3.8, 4) is 0 Å². The van der Waals surface area contributed by atoms with E-state index in [1.54, 1.807) is 19.2 Å². The summed E-state index contributed by atoms with van der Waals surface area (Å²) < 4.78 is 0. The SMILES string of the molecule is CN(C(=O)On1ccc(Cl)n1)c1ccccc1. The van der Waals surface area contributed by atoms with E-state index in [1.165, 1.54) is 17.2 Å². The molecule has 0 bridgehead atoms. The summed E-state index contributed by atoms with van der Waals surface area (Å²) in [4.78, 5) is 19.1. The molecule has 1 amide bonds. The second kappa shape index (κ2) is 4.88. The molecular formula is C11H10ClN3O2. The number of amides is 1. The van der Waals surface area contributed by atoms with Crippen LogP contribution in [0.15, 0.2) is 42.6 Å². The average molecular weight is 252 g/mol. The van der Waals surface area contributed by atoms with Crippen LogP contribution in [0.4, 0.5) is 10.5 Å². The molecule has 2 rings (SSSR count). The lowest BCUT2D eigenvalue weighted by Crippen LogP contribution is -2.34. The lowest BCUT2D eigenvalue weighted by Gasteiger charge is -2.15. The first-order chi connectivity index (χ1) is 8.16. The Morgan fingerprint density at radius 1 is 1.35 bits per heavy atom. The fourth-order valence-corrected chi connectivity index (χ4v) is 1.37. The van der Waals surface area contributed by atoms with Crippen LogP contribution in [0.5, 0.6) is 0 Å². The number of aromatic nitrogens is 2. The van der Waals surface area contributed by atoms with E-state index >= 15 is 0 Å². The topological polar surface area (TPSA) is 47.4 Å². The third-order valence-corrected chi connectivity index (χ3v) is 2.32. The first-order valence-electron chi connectivity index (χ1n) is 4.89. The Hall–Kier alpha value is -2.01. The van der Waals surface area contributed by atoms with Crippen LogP contribution in [-0.4, -0.2) is 23.1 Å². The van der Waals surface area contributed by atoms with Gasteiger partial charge >= 0.3 is 6.09 Å². The zero-order chi connectivity index (χ0) is 12.3. The fourth-order valence-electron chi connectivity index (χ4n) is 1.24. The number of rotatable bonds is 2. The van der Waals surface area contributed by atoms with Crippen molar-refractivity contribution in [3.63, 3.8) is 0 Å². The van der Waals surface area contributed by atoms with Crippen molar-refractivity contribution in [2.24, 2.45) is 0 Å². The summed E-state index contributed by atoms with van der Waals surface area (Å²) in [5, 5.41) is 4.00. The molecule has 1 aromatic carbocycles. The molecule has 0 spiro atoms. The van der Waals surface area contributed by atoms with E-state index in [9.17, 15) is 4.79 Å². The molecule has 0 aliphatic rings. The summed E-state index contributed by atoms with van der Waals surface area (Å²) in [6, 6.07) is 10.7. The summed E-state index contributed by atoms with van der Waals surface area (Å²) in [5.41, 5.74) is 0.732. The minimum absolute atomic E-state index is 0.264. The van der Waals surface area contributed by atoms with Gasteiger partial charge in [0.25, 0.3) is 0 Å². The van der Waals surface area contributed by atoms with Gasteiger partial charge in [0.1, 0.15) is 0 Å². The molecule has 0 atom stereocenters. The zero-order valence-corrected chi connectivity index (χ0v) is 9.83. The van der Waals surface area contributed by atoms with Gasteiger partial charge in [-0.1, -0.05) is 34.6 Å². The summed E-state index contributed by atoms with van der Waals surface area (Å²) >= 11 is 5.60. The number of anilines is 1. The largest absolute Gasteiger partial charge is 0.440 e. The highest BCUT2D eigenvalue weighted by Crippen LogP contribution is 2.11. The predicted molar refractivity (Wildman–Crippen MR) is 64.1 cm³/mol. The van der Waals surface area contributed by atoms with Gasteiger partial charge in [-0.25, -0.2) is 4.79 Å². The van der Waals surface area contributed by atoms with Gasteiger partial charge in [-0.05, 0) is 18.2 Å². The van der Waals surface area contributed by atoms with Crippen molar-refractivity contribution >= 4 is 23.4 Å². The fraction of sp³-hybridized carbons (Fsp3) is 0.0909. The standard InChI is InChI=1S/C11H10ClN3O2/c1-14(9-5-3-2-4-6-9)11(16)17-15-8-7-10(12)13-15/h2-8H,1H3. The van der Waals surface area contributed by atoms with E-state index < -0.39 is 6.09 Å². The molecule has 88 valence electrons. The molecule has 0 N–H and O–H groups in total. The number of carbonyl (C=O) groups is 1.